The normalized spacial score (nSPS) is 52.3. The van der Waals surface area contributed by atoms with E-state index in [1.54, 1.807) is 0 Å². The summed E-state index contributed by atoms with van der Waals surface area (Å²) in [6.07, 6.45) is -33.5. The molecule has 0 spiro atoms. The Morgan fingerprint density at radius 3 is 1.26 bits per heavy atom. The maximum atomic E-state index is 11.4. The number of aliphatic hydroxyl groups excluding tert-OH is 13. The van der Waals surface area contributed by atoms with Crippen LogP contribution in [0.3, 0.4) is 0 Å². The number of hydrogen-bond donors (Lipinski definition) is 13. The van der Waals surface area contributed by atoms with E-state index < -0.39 is 174 Å². The first kappa shape index (κ1) is 42.6. The zero-order chi connectivity index (χ0) is 39.0. The molecule has 6 saturated heterocycles. The van der Waals surface area contributed by atoms with Crippen LogP contribution in [0.15, 0.2) is 0 Å². The Kier molecular flexibility index (Phi) is 14.5. The predicted octanol–water partition coefficient (Wildman–Crippen LogP) is -9.58. The van der Waals surface area contributed by atoms with Gasteiger partial charge in [0.05, 0.1) is 46.2 Å². The van der Waals surface area contributed by atoms with Crippen LogP contribution in [0.5, 0.6) is 0 Å². The summed E-state index contributed by atoms with van der Waals surface area (Å²) in [5.41, 5.74) is 0. The molecule has 0 amide bonds. The van der Waals surface area contributed by atoms with Crippen molar-refractivity contribution in [2.24, 2.45) is 0 Å². The topological polar surface area (TPSA) is 365 Å². The number of rotatable bonds is 16. The number of hydrogen-bond acceptors (Lipinski definition) is 24. The van der Waals surface area contributed by atoms with E-state index in [-0.39, 0.29) is 13.2 Å². The molecule has 54 heavy (non-hydrogen) atoms. The van der Waals surface area contributed by atoms with E-state index >= 15 is 0 Å². The first-order valence-electron chi connectivity index (χ1n) is 17.5. The lowest BCUT2D eigenvalue weighted by Gasteiger charge is -2.30. The second kappa shape index (κ2) is 18.3. The van der Waals surface area contributed by atoms with Gasteiger partial charge < -0.3 is 118 Å². The van der Waals surface area contributed by atoms with Crippen LogP contribution in [0.25, 0.3) is 0 Å². The van der Waals surface area contributed by atoms with Gasteiger partial charge in [-0.3, -0.25) is 0 Å². The minimum atomic E-state index is -1.70. The lowest BCUT2D eigenvalue weighted by molar-refractivity contribution is -0.270. The molecule has 314 valence electrons. The Morgan fingerprint density at radius 2 is 0.778 bits per heavy atom. The van der Waals surface area contributed by atoms with Crippen LogP contribution in [-0.4, -0.2) is 254 Å². The predicted molar refractivity (Wildman–Crippen MR) is 162 cm³/mol. The molecule has 0 aliphatic carbocycles. The molecule has 0 bridgehead atoms. The van der Waals surface area contributed by atoms with Gasteiger partial charge in [-0.2, -0.15) is 0 Å². The lowest BCUT2D eigenvalue weighted by atomic mass is 10.1. The molecule has 0 radical (unpaired) electrons. The van der Waals surface area contributed by atoms with Gasteiger partial charge in [0.1, 0.15) is 110 Å². The van der Waals surface area contributed by atoms with Gasteiger partial charge in [-0.05, 0) is 0 Å². The monoisotopic (exact) mass is 794 g/mol. The zero-order valence-electron chi connectivity index (χ0n) is 28.5. The van der Waals surface area contributed by atoms with E-state index in [4.69, 9.17) is 52.1 Å². The Bertz CT molecular complexity index is 1170. The molecule has 0 saturated carbocycles. The van der Waals surface area contributed by atoms with E-state index in [9.17, 15) is 66.4 Å². The molecule has 0 aromatic carbocycles. The van der Waals surface area contributed by atoms with E-state index in [1.165, 1.54) is 0 Å². The molecule has 0 aromatic heterocycles. The second-order valence-corrected chi connectivity index (χ2v) is 13.8. The van der Waals surface area contributed by atoms with Gasteiger partial charge in [0, 0.05) is 0 Å². The van der Waals surface area contributed by atoms with Crippen LogP contribution in [-0.2, 0) is 52.1 Å². The molecule has 13 N–H and O–H groups in total. The van der Waals surface area contributed by atoms with Crippen LogP contribution in [0.4, 0.5) is 0 Å². The van der Waals surface area contributed by atoms with Gasteiger partial charge in [-0.25, -0.2) is 0 Å². The molecule has 6 heterocycles. The van der Waals surface area contributed by atoms with Crippen molar-refractivity contribution in [1.29, 1.82) is 0 Å². The molecule has 6 fully saturated rings. The van der Waals surface area contributed by atoms with Crippen molar-refractivity contribution in [3.63, 3.8) is 0 Å². The van der Waals surface area contributed by atoms with Gasteiger partial charge >= 0.3 is 0 Å². The van der Waals surface area contributed by atoms with Crippen molar-refractivity contribution in [1.82, 2.24) is 0 Å². The fraction of sp³-hybridized carbons (Fsp3) is 1.00. The number of aliphatic hydroxyl groups is 13. The van der Waals surface area contributed by atoms with Gasteiger partial charge in [-0.15, -0.1) is 0 Å². The molecule has 24 heteroatoms. The molecule has 6 aliphatic rings. The Morgan fingerprint density at radius 1 is 0.370 bits per heavy atom. The molecular formula is C30H50O24. The van der Waals surface area contributed by atoms with E-state index in [0.717, 1.165) is 0 Å². The molecule has 6 rings (SSSR count). The molecular weight excluding hydrogens is 744 g/mol. The highest BCUT2D eigenvalue weighted by atomic mass is 16.8. The van der Waals surface area contributed by atoms with E-state index in [0.29, 0.717) is 0 Å². The van der Waals surface area contributed by atoms with Crippen LogP contribution in [0.1, 0.15) is 0 Å². The minimum Gasteiger partial charge on any atom is -0.394 e. The quantitative estimate of drug-likeness (QED) is 0.0690. The minimum absolute atomic E-state index is 0.177. The average Bonchev–Trinajstić information content (AvgIpc) is 3.96. The van der Waals surface area contributed by atoms with Gasteiger partial charge in [-0.1, -0.05) is 0 Å². The van der Waals surface area contributed by atoms with Crippen molar-refractivity contribution >= 4 is 0 Å². The fourth-order valence-corrected chi connectivity index (χ4v) is 7.00. The highest BCUT2D eigenvalue weighted by molar-refractivity contribution is 4.97. The van der Waals surface area contributed by atoms with Crippen LogP contribution < -0.4 is 0 Å². The summed E-state index contributed by atoms with van der Waals surface area (Å²) in [6.45, 7) is -3.89. The summed E-state index contributed by atoms with van der Waals surface area (Å²) in [4.78, 5) is 0. The third-order valence-electron chi connectivity index (χ3n) is 10.2. The summed E-state index contributed by atoms with van der Waals surface area (Å²) >= 11 is 0. The smallest absolute Gasteiger partial charge is 0.187 e. The summed E-state index contributed by atoms with van der Waals surface area (Å²) in [5, 5.41) is 133. The third kappa shape index (κ3) is 8.58. The standard InChI is InChI=1S/C30H50O24/c31-1-9-16(37)20(41)27(47-9)53-24-18(39)11(3-33)49-29(24)46-7-14-23(22(43)26(51-14)45-6-13-15(36)8(35)5-44-13)52-30-25(19(40)12(4-34)50-30)54-28-21(42)17(38)10(2-32)48-28/h8-43H,1-7H2/t8-,9-,10-,11-,12-,13-,14-,15+,16-,17-,18-,19-,20+,21+,22+,23-,24+,25+,26+,27+,28+,29+,30-/m1/s1. The van der Waals surface area contributed by atoms with Crippen LogP contribution in [0, 0.1) is 0 Å². The van der Waals surface area contributed by atoms with E-state index in [1.807, 2.05) is 0 Å². The van der Waals surface area contributed by atoms with Crippen molar-refractivity contribution in [3.8, 4) is 0 Å². The Hall–Kier alpha value is -0.960. The first-order valence-corrected chi connectivity index (χ1v) is 17.5. The molecule has 0 unspecified atom stereocenters. The number of ether oxygens (including phenoxy) is 11. The molecule has 6 aliphatic heterocycles. The summed E-state index contributed by atoms with van der Waals surface area (Å²) < 4.78 is 62.2. The van der Waals surface area contributed by atoms with Crippen molar-refractivity contribution in [2.45, 2.75) is 141 Å². The van der Waals surface area contributed by atoms with Crippen molar-refractivity contribution in [3.05, 3.63) is 0 Å². The summed E-state index contributed by atoms with van der Waals surface area (Å²) in [7, 11) is 0. The Balaban J connectivity index is 1.18. The Labute approximate surface area is 306 Å². The molecule has 24 nitrogen and oxygen atoms in total. The average molecular weight is 795 g/mol. The molecule has 23 atom stereocenters. The second-order valence-electron chi connectivity index (χ2n) is 13.8. The molecule has 0 aromatic rings. The summed E-state index contributed by atoms with van der Waals surface area (Å²) in [5.74, 6) is 0. The maximum absolute atomic E-state index is 11.4. The van der Waals surface area contributed by atoms with Gasteiger partial charge in [0.15, 0.2) is 31.5 Å². The van der Waals surface area contributed by atoms with Crippen molar-refractivity contribution in [2.75, 3.05) is 46.2 Å². The first-order chi connectivity index (χ1) is 25.8. The largest absolute Gasteiger partial charge is 0.394 e. The summed E-state index contributed by atoms with van der Waals surface area (Å²) in [6, 6.07) is 0. The van der Waals surface area contributed by atoms with E-state index in [2.05, 4.69) is 0 Å². The zero-order valence-corrected chi connectivity index (χ0v) is 28.5. The van der Waals surface area contributed by atoms with Gasteiger partial charge in [0.25, 0.3) is 0 Å². The van der Waals surface area contributed by atoms with Crippen LogP contribution >= 0.6 is 0 Å². The third-order valence-corrected chi connectivity index (χ3v) is 10.2. The van der Waals surface area contributed by atoms with Gasteiger partial charge in [0.2, 0.25) is 0 Å². The maximum Gasteiger partial charge on any atom is 0.187 e. The SMILES string of the molecule is OC[C@H]1O[C@@H](O[C@@H]2[C@@H](OC[C@H]3O[C@H](OC[C@H]4OC[C@@H](O)[C@@H]4O)[C@@H](O)[C@@H]3O[C@H]3O[C@H](CO)[C@@H](O)[C@@H]3O[C@@H]3O[C@H](CO)[C@@H](O)[C@@H]3O)O[C@H](CO)[C@H]2O)[C@@H](O)[C@@H]1O. The lowest BCUT2D eigenvalue weighted by Crippen LogP contribution is -2.48. The highest BCUT2D eigenvalue weighted by Gasteiger charge is 2.56. The van der Waals surface area contributed by atoms with Crippen LogP contribution in [0.2, 0.25) is 0 Å². The highest BCUT2D eigenvalue weighted by Crippen LogP contribution is 2.36. The van der Waals surface area contributed by atoms with Crippen molar-refractivity contribution < 1.29 is 118 Å². The fourth-order valence-electron chi connectivity index (χ4n) is 7.00.